The van der Waals surface area contributed by atoms with E-state index in [4.69, 9.17) is 0 Å². The molecule has 2 aromatic carbocycles. The van der Waals surface area contributed by atoms with Gasteiger partial charge in [0.2, 0.25) is 5.82 Å². The predicted molar refractivity (Wildman–Crippen MR) is 109 cm³/mol. The first-order valence-electron chi connectivity index (χ1n) is 9.29. The van der Waals surface area contributed by atoms with Gasteiger partial charge in [-0.25, -0.2) is 4.79 Å². The Bertz CT molecular complexity index is 1130. The molecule has 8 nitrogen and oxygen atoms in total. The minimum absolute atomic E-state index is 0.215. The molecule has 0 fully saturated rings. The first kappa shape index (κ1) is 18.7. The lowest BCUT2D eigenvalue weighted by molar-refractivity contribution is -0.842. The number of nitrogens with zero attached hydrogens (tertiary/aromatic N) is 5. The van der Waals surface area contributed by atoms with Gasteiger partial charge in [-0.3, -0.25) is 0 Å². The minimum Gasteiger partial charge on any atom is -0.477 e. The lowest BCUT2D eigenvalue weighted by Gasteiger charge is -2.25. The molecular weight excluding hydrogens is 368 g/mol. The van der Waals surface area contributed by atoms with Crippen LogP contribution in [0.1, 0.15) is 19.4 Å². The highest BCUT2D eigenvalue weighted by atomic mass is 16.4. The summed E-state index contributed by atoms with van der Waals surface area (Å²) in [5.74, 6) is -0.432. The number of aliphatic carboxylic acids is 1. The molecule has 0 saturated carbocycles. The lowest BCUT2D eigenvalue weighted by Crippen LogP contribution is -2.34. The molecule has 0 aliphatic carbocycles. The third-order valence-electron chi connectivity index (χ3n) is 5.26. The van der Waals surface area contributed by atoms with Crippen molar-refractivity contribution in [3.05, 3.63) is 59.7 Å². The Kier molecular flexibility index (Phi) is 4.56. The molecule has 8 heteroatoms. The molecule has 1 aromatic heterocycles. The molecule has 2 N–H and O–H groups in total. The zero-order valence-electron chi connectivity index (χ0n) is 16.4. The van der Waals surface area contributed by atoms with E-state index in [1.807, 2.05) is 62.5 Å². The van der Waals surface area contributed by atoms with Crippen LogP contribution in [0.4, 0.5) is 0 Å². The largest absolute Gasteiger partial charge is 0.477 e. The second-order valence-electron chi connectivity index (χ2n) is 7.03. The van der Waals surface area contributed by atoms with E-state index in [0.29, 0.717) is 23.8 Å². The standard InChI is InChI=1S/C21H20N6O2/c1-4-27(3)19(18(21(28)29)13(2)24-27)15-11-9-14(10-12-15)16-7-5-6-8-17(16)20-22-25-26-23-20/h5-12H,4H2,1-3H3,(H-,22,23,24,25,26,28,29)/p+1. The number of benzene rings is 2. The quantitative estimate of drug-likeness (QED) is 0.652. The molecule has 1 aliphatic heterocycles. The molecule has 0 radical (unpaired) electrons. The van der Waals surface area contributed by atoms with Crippen LogP contribution in [-0.2, 0) is 4.79 Å². The highest BCUT2D eigenvalue weighted by molar-refractivity contribution is 6.23. The molecule has 0 bridgehead atoms. The molecule has 29 heavy (non-hydrogen) atoms. The van der Waals surface area contributed by atoms with E-state index >= 15 is 0 Å². The molecule has 1 aliphatic rings. The normalized spacial score (nSPS) is 18.8. The Morgan fingerprint density at radius 3 is 2.31 bits per heavy atom. The van der Waals surface area contributed by atoms with Crippen molar-refractivity contribution in [3.8, 4) is 22.5 Å². The molecule has 0 amide bonds. The second-order valence-corrected chi connectivity index (χ2v) is 7.03. The average molecular weight is 389 g/mol. The molecule has 1 unspecified atom stereocenters. The maximum atomic E-state index is 11.9. The summed E-state index contributed by atoms with van der Waals surface area (Å²) in [7, 11) is 1.92. The zero-order chi connectivity index (χ0) is 20.6. The third-order valence-corrected chi connectivity index (χ3v) is 5.26. The monoisotopic (exact) mass is 389 g/mol. The number of hydrogen-bond acceptors (Lipinski definition) is 5. The van der Waals surface area contributed by atoms with Crippen LogP contribution in [0.5, 0.6) is 0 Å². The van der Waals surface area contributed by atoms with Crippen molar-refractivity contribution < 1.29 is 14.5 Å². The first-order chi connectivity index (χ1) is 13.9. The first-order valence-corrected chi connectivity index (χ1v) is 9.29. The van der Waals surface area contributed by atoms with Gasteiger partial charge in [0.05, 0.1) is 7.05 Å². The summed E-state index contributed by atoms with van der Waals surface area (Å²) in [6.45, 7) is 4.40. The van der Waals surface area contributed by atoms with Gasteiger partial charge >= 0.3 is 5.97 Å². The Labute approximate surface area is 167 Å². The smallest absolute Gasteiger partial charge is 0.344 e. The summed E-state index contributed by atoms with van der Waals surface area (Å²) < 4.78 is 0.215. The minimum atomic E-state index is -0.955. The number of rotatable bonds is 5. The number of tetrazole rings is 1. The van der Waals surface area contributed by atoms with Crippen LogP contribution >= 0.6 is 0 Å². The van der Waals surface area contributed by atoms with Crippen LogP contribution in [0, 0.1) is 0 Å². The average Bonchev–Trinajstić information content (AvgIpc) is 3.34. The van der Waals surface area contributed by atoms with Gasteiger partial charge in [-0.1, -0.05) is 41.5 Å². The number of quaternary nitrogens is 1. The molecule has 4 rings (SSSR count). The van der Waals surface area contributed by atoms with Crippen molar-refractivity contribution in [3.63, 3.8) is 0 Å². The molecule has 3 aromatic rings. The van der Waals surface area contributed by atoms with Crippen LogP contribution in [0.2, 0.25) is 0 Å². The SMILES string of the molecule is CC[N+]1(C)N=C(C)C(C(=O)O)=C1c1ccc(-c2ccccc2-c2nn[nH]n2)cc1. The van der Waals surface area contributed by atoms with E-state index in [2.05, 4.69) is 25.7 Å². The van der Waals surface area contributed by atoms with Crippen LogP contribution < -0.4 is 0 Å². The molecule has 2 heterocycles. The van der Waals surface area contributed by atoms with Crippen molar-refractivity contribution >= 4 is 17.4 Å². The highest BCUT2D eigenvalue weighted by Crippen LogP contribution is 2.37. The topological polar surface area (TPSA) is 104 Å². The van der Waals surface area contributed by atoms with Gasteiger partial charge in [0, 0.05) is 11.1 Å². The zero-order valence-corrected chi connectivity index (χ0v) is 16.4. The fourth-order valence-corrected chi connectivity index (χ4v) is 3.76. The van der Waals surface area contributed by atoms with E-state index in [9.17, 15) is 9.90 Å². The van der Waals surface area contributed by atoms with Gasteiger partial charge in [-0.2, -0.15) is 9.81 Å². The number of nitrogens with one attached hydrogen (secondary N) is 1. The number of carboxylic acids is 1. The summed E-state index contributed by atoms with van der Waals surface area (Å²) in [5, 5.41) is 28.6. The van der Waals surface area contributed by atoms with Gasteiger partial charge in [-0.05, 0) is 42.3 Å². The van der Waals surface area contributed by atoms with Crippen molar-refractivity contribution in [1.29, 1.82) is 0 Å². The number of aromatic amines is 1. The second kappa shape index (κ2) is 7.06. The van der Waals surface area contributed by atoms with E-state index in [1.54, 1.807) is 6.92 Å². The lowest BCUT2D eigenvalue weighted by atomic mass is 9.96. The van der Waals surface area contributed by atoms with Gasteiger partial charge in [0.1, 0.15) is 17.8 Å². The highest BCUT2D eigenvalue weighted by Gasteiger charge is 2.41. The van der Waals surface area contributed by atoms with Crippen LogP contribution in [0.3, 0.4) is 0 Å². The van der Waals surface area contributed by atoms with Gasteiger partial charge in [0.15, 0.2) is 5.70 Å². The van der Waals surface area contributed by atoms with E-state index in [0.717, 1.165) is 22.3 Å². The van der Waals surface area contributed by atoms with Gasteiger partial charge < -0.3 is 5.11 Å². The van der Waals surface area contributed by atoms with Crippen molar-refractivity contribution in [2.45, 2.75) is 13.8 Å². The fraction of sp³-hybridized carbons (Fsp3) is 0.190. The fourth-order valence-electron chi connectivity index (χ4n) is 3.76. The molecule has 146 valence electrons. The van der Waals surface area contributed by atoms with E-state index < -0.39 is 5.97 Å². The third kappa shape index (κ3) is 3.13. The molecule has 0 saturated heterocycles. The maximum absolute atomic E-state index is 11.9. The summed E-state index contributed by atoms with van der Waals surface area (Å²) in [6, 6.07) is 15.7. The van der Waals surface area contributed by atoms with E-state index in [-0.39, 0.29) is 10.2 Å². The van der Waals surface area contributed by atoms with Crippen molar-refractivity contribution in [2.75, 3.05) is 13.6 Å². The Hall–Kier alpha value is -3.65. The van der Waals surface area contributed by atoms with Gasteiger partial charge in [0.25, 0.3) is 0 Å². The van der Waals surface area contributed by atoms with Crippen molar-refractivity contribution in [2.24, 2.45) is 5.10 Å². The summed E-state index contributed by atoms with van der Waals surface area (Å²) in [5.41, 5.74) is 5.18. The van der Waals surface area contributed by atoms with Crippen molar-refractivity contribution in [1.82, 2.24) is 20.6 Å². The predicted octanol–water partition coefficient (Wildman–Crippen LogP) is 3.19. The molecular formula is C21H21N6O2+. The van der Waals surface area contributed by atoms with Crippen LogP contribution in [-0.4, -0.2) is 55.6 Å². The molecule has 1 atom stereocenters. The summed E-state index contributed by atoms with van der Waals surface area (Å²) >= 11 is 0. The van der Waals surface area contributed by atoms with Gasteiger partial charge in [-0.15, -0.1) is 10.2 Å². The summed E-state index contributed by atoms with van der Waals surface area (Å²) in [4.78, 5) is 11.9. The Morgan fingerprint density at radius 1 is 1.07 bits per heavy atom. The number of aromatic nitrogens is 4. The number of carboxylic acid groups (broad SMARTS) is 1. The number of carbonyl (C=O) groups is 1. The van der Waals surface area contributed by atoms with E-state index in [1.165, 1.54) is 0 Å². The summed E-state index contributed by atoms with van der Waals surface area (Å²) in [6.07, 6.45) is 0. The molecule has 0 spiro atoms. The maximum Gasteiger partial charge on any atom is 0.344 e. The van der Waals surface area contributed by atoms with Crippen LogP contribution in [0.25, 0.3) is 28.2 Å². The number of H-pyrrole nitrogens is 1. The Morgan fingerprint density at radius 2 is 1.72 bits per heavy atom. The van der Waals surface area contributed by atoms with Crippen LogP contribution in [0.15, 0.2) is 59.2 Å². The number of hydrogen-bond donors (Lipinski definition) is 2. The Balaban J connectivity index is 1.80.